The SMILES string of the molecule is NC(=O)C1CC(O)CN1S(=O)(=O)c1ccc(N)cc1. The molecular formula is C11H15N3O4S. The summed E-state index contributed by atoms with van der Waals surface area (Å²) in [5, 5.41) is 9.54. The number of amides is 1. The highest BCUT2D eigenvalue weighted by molar-refractivity contribution is 7.89. The number of hydrogen-bond acceptors (Lipinski definition) is 5. The lowest BCUT2D eigenvalue weighted by atomic mass is 10.2. The monoisotopic (exact) mass is 285 g/mol. The third-order valence-electron chi connectivity index (χ3n) is 3.05. The van der Waals surface area contributed by atoms with E-state index in [-0.39, 0.29) is 17.9 Å². The minimum absolute atomic E-state index is 0.0158. The van der Waals surface area contributed by atoms with Gasteiger partial charge in [-0.1, -0.05) is 0 Å². The molecule has 0 bridgehead atoms. The van der Waals surface area contributed by atoms with Crippen LogP contribution in [0.1, 0.15) is 6.42 Å². The first-order valence-corrected chi connectivity index (χ1v) is 7.11. The molecule has 1 fully saturated rings. The lowest BCUT2D eigenvalue weighted by molar-refractivity contribution is -0.121. The molecule has 2 atom stereocenters. The summed E-state index contributed by atoms with van der Waals surface area (Å²) in [6.45, 7) is -0.139. The highest BCUT2D eigenvalue weighted by Gasteiger charge is 2.42. The van der Waals surface area contributed by atoms with Crippen LogP contribution in [0.3, 0.4) is 0 Å². The fraction of sp³-hybridized carbons (Fsp3) is 0.364. The van der Waals surface area contributed by atoms with E-state index in [0.717, 1.165) is 4.31 Å². The first-order valence-electron chi connectivity index (χ1n) is 5.67. The zero-order valence-electron chi connectivity index (χ0n) is 10.1. The molecular weight excluding hydrogens is 270 g/mol. The predicted molar refractivity (Wildman–Crippen MR) is 68.4 cm³/mol. The molecule has 1 heterocycles. The Bertz CT molecular complexity index is 584. The van der Waals surface area contributed by atoms with Gasteiger partial charge in [0.1, 0.15) is 6.04 Å². The molecule has 1 aromatic rings. The van der Waals surface area contributed by atoms with Crippen molar-refractivity contribution in [2.45, 2.75) is 23.5 Å². The van der Waals surface area contributed by atoms with Crippen molar-refractivity contribution >= 4 is 21.6 Å². The molecule has 0 radical (unpaired) electrons. The number of primary amides is 1. The summed E-state index contributed by atoms with van der Waals surface area (Å²) in [6.07, 6.45) is -0.871. The fourth-order valence-electron chi connectivity index (χ4n) is 2.08. The molecule has 19 heavy (non-hydrogen) atoms. The van der Waals surface area contributed by atoms with Gasteiger partial charge in [-0.3, -0.25) is 4.79 Å². The molecule has 0 aliphatic carbocycles. The van der Waals surface area contributed by atoms with Gasteiger partial charge in [0.15, 0.2) is 0 Å². The number of nitrogen functional groups attached to an aromatic ring is 1. The molecule has 8 heteroatoms. The summed E-state index contributed by atoms with van der Waals surface area (Å²) < 4.78 is 25.7. The number of nitrogens with zero attached hydrogens (tertiary/aromatic N) is 1. The van der Waals surface area contributed by atoms with Gasteiger partial charge in [0.25, 0.3) is 0 Å². The van der Waals surface area contributed by atoms with Crippen LogP contribution in [0, 0.1) is 0 Å². The van der Waals surface area contributed by atoms with E-state index in [2.05, 4.69) is 0 Å². The first kappa shape index (κ1) is 13.8. The molecule has 1 aromatic carbocycles. The molecule has 2 unspecified atom stereocenters. The zero-order chi connectivity index (χ0) is 14.2. The summed E-state index contributed by atoms with van der Waals surface area (Å²) in [6, 6.07) is 4.61. The third-order valence-corrected chi connectivity index (χ3v) is 4.94. The molecule has 1 aliphatic heterocycles. The largest absolute Gasteiger partial charge is 0.399 e. The van der Waals surface area contributed by atoms with E-state index >= 15 is 0 Å². The van der Waals surface area contributed by atoms with E-state index in [9.17, 15) is 18.3 Å². The molecule has 7 nitrogen and oxygen atoms in total. The molecule has 2 rings (SSSR count). The van der Waals surface area contributed by atoms with Crippen molar-refractivity contribution in [3.05, 3.63) is 24.3 Å². The minimum Gasteiger partial charge on any atom is -0.399 e. The second-order valence-electron chi connectivity index (χ2n) is 4.45. The molecule has 1 amide bonds. The van der Waals surface area contributed by atoms with Gasteiger partial charge in [-0.05, 0) is 24.3 Å². The number of benzene rings is 1. The standard InChI is InChI=1S/C11H15N3O4S/c12-7-1-3-9(4-2-7)19(17,18)14-6-8(15)5-10(14)11(13)16/h1-4,8,10,15H,5-6,12H2,(H2,13,16). The van der Waals surface area contributed by atoms with Gasteiger partial charge >= 0.3 is 0 Å². The van der Waals surface area contributed by atoms with E-state index in [0.29, 0.717) is 5.69 Å². The second-order valence-corrected chi connectivity index (χ2v) is 6.34. The maximum atomic E-state index is 12.4. The number of aliphatic hydroxyl groups is 1. The van der Waals surface area contributed by atoms with Crippen LogP contribution in [0.4, 0.5) is 5.69 Å². The van der Waals surface area contributed by atoms with Crippen LogP contribution in [0.25, 0.3) is 0 Å². The third kappa shape index (κ3) is 2.55. The number of aliphatic hydroxyl groups excluding tert-OH is 1. The normalized spacial score (nSPS) is 24.5. The Morgan fingerprint density at radius 1 is 1.32 bits per heavy atom. The molecule has 5 N–H and O–H groups in total. The van der Waals surface area contributed by atoms with Crippen molar-refractivity contribution in [1.29, 1.82) is 0 Å². The Labute approximate surface area is 110 Å². The van der Waals surface area contributed by atoms with Crippen LogP contribution in [0.5, 0.6) is 0 Å². The number of β-amino-alcohol motifs (C(OH)–C–C–N with tert-alkyl or cyclic N) is 1. The summed E-state index contributed by atoms with van der Waals surface area (Å²) in [7, 11) is -3.87. The van der Waals surface area contributed by atoms with Gasteiger partial charge in [-0.15, -0.1) is 0 Å². The smallest absolute Gasteiger partial charge is 0.243 e. The Balaban J connectivity index is 2.38. The fourth-order valence-corrected chi connectivity index (χ4v) is 3.73. The van der Waals surface area contributed by atoms with Crippen molar-refractivity contribution in [3.8, 4) is 0 Å². The number of carbonyl (C=O) groups excluding carboxylic acids is 1. The Morgan fingerprint density at radius 2 is 1.89 bits per heavy atom. The Kier molecular flexibility index (Phi) is 3.48. The number of rotatable bonds is 3. The summed E-state index contributed by atoms with van der Waals surface area (Å²) in [4.78, 5) is 11.3. The molecule has 0 aromatic heterocycles. The van der Waals surface area contributed by atoms with Gasteiger partial charge in [-0.25, -0.2) is 8.42 Å². The van der Waals surface area contributed by atoms with E-state index < -0.39 is 28.1 Å². The molecule has 0 saturated carbocycles. The lowest BCUT2D eigenvalue weighted by Gasteiger charge is -2.21. The van der Waals surface area contributed by atoms with Crippen molar-refractivity contribution in [2.24, 2.45) is 5.73 Å². The summed E-state index contributed by atoms with van der Waals surface area (Å²) >= 11 is 0. The second kappa shape index (κ2) is 4.80. The van der Waals surface area contributed by atoms with Crippen LogP contribution in [-0.2, 0) is 14.8 Å². The van der Waals surface area contributed by atoms with Gasteiger partial charge < -0.3 is 16.6 Å². The van der Waals surface area contributed by atoms with Gasteiger partial charge in [0, 0.05) is 18.7 Å². The number of nitrogens with two attached hydrogens (primary N) is 2. The van der Waals surface area contributed by atoms with E-state index in [1.807, 2.05) is 0 Å². The Morgan fingerprint density at radius 3 is 2.42 bits per heavy atom. The van der Waals surface area contributed by atoms with Crippen molar-refractivity contribution in [2.75, 3.05) is 12.3 Å². The number of sulfonamides is 1. The minimum atomic E-state index is -3.87. The highest BCUT2D eigenvalue weighted by atomic mass is 32.2. The van der Waals surface area contributed by atoms with Crippen LogP contribution in [0.2, 0.25) is 0 Å². The van der Waals surface area contributed by atoms with Crippen LogP contribution in [-0.4, -0.2) is 42.4 Å². The van der Waals surface area contributed by atoms with E-state index in [4.69, 9.17) is 11.5 Å². The van der Waals surface area contributed by atoms with Crippen molar-refractivity contribution in [3.63, 3.8) is 0 Å². The van der Waals surface area contributed by atoms with Crippen LogP contribution >= 0.6 is 0 Å². The quantitative estimate of drug-likeness (QED) is 0.606. The number of anilines is 1. The molecule has 104 valence electrons. The summed E-state index contributed by atoms with van der Waals surface area (Å²) in [5.74, 6) is -0.768. The van der Waals surface area contributed by atoms with Crippen LogP contribution < -0.4 is 11.5 Å². The average Bonchev–Trinajstić information content (AvgIpc) is 2.73. The van der Waals surface area contributed by atoms with Crippen LogP contribution in [0.15, 0.2) is 29.2 Å². The van der Waals surface area contributed by atoms with E-state index in [1.165, 1.54) is 24.3 Å². The van der Waals surface area contributed by atoms with Crippen molar-refractivity contribution < 1.29 is 18.3 Å². The predicted octanol–water partition coefficient (Wildman–Crippen LogP) is -1.12. The maximum absolute atomic E-state index is 12.4. The summed E-state index contributed by atoms with van der Waals surface area (Å²) in [5.41, 5.74) is 11.1. The maximum Gasteiger partial charge on any atom is 0.243 e. The average molecular weight is 285 g/mol. The first-order chi connectivity index (χ1) is 8.82. The number of hydrogen-bond donors (Lipinski definition) is 3. The van der Waals surface area contributed by atoms with Crippen molar-refractivity contribution in [1.82, 2.24) is 4.31 Å². The highest BCUT2D eigenvalue weighted by Crippen LogP contribution is 2.26. The Hall–Kier alpha value is -1.64. The zero-order valence-corrected chi connectivity index (χ0v) is 10.9. The lowest BCUT2D eigenvalue weighted by Crippen LogP contribution is -2.43. The van der Waals surface area contributed by atoms with Gasteiger partial charge in [0.2, 0.25) is 15.9 Å². The van der Waals surface area contributed by atoms with E-state index in [1.54, 1.807) is 0 Å². The molecule has 1 saturated heterocycles. The topological polar surface area (TPSA) is 127 Å². The number of carbonyl (C=O) groups is 1. The molecule has 0 spiro atoms. The van der Waals surface area contributed by atoms with Gasteiger partial charge in [-0.2, -0.15) is 4.31 Å². The molecule has 1 aliphatic rings. The van der Waals surface area contributed by atoms with Gasteiger partial charge in [0.05, 0.1) is 11.0 Å².